The van der Waals surface area contributed by atoms with Crippen molar-refractivity contribution in [1.29, 1.82) is 0 Å². The smallest absolute Gasteiger partial charge is 0.339 e. The van der Waals surface area contributed by atoms with Crippen molar-refractivity contribution in [2.24, 2.45) is 0 Å². The second-order valence-corrected chi connectivity index (χ2v) is 3.41. The first-order chi connectivity index (χ1) is 7.79. The van der Waals surface area contributed by atoms with Gasteiger partial charge in [-0.1, -0.05) is 37.3 Å². The lowest BCUT2D eigenvalue weighted by Crippen LogP contribution is -2.19. The summed E-state index contributed by atoms with van der Waals surface area (Å²) in [6.45, 7) is 4.75. The Bertz CT molecular complexity index is 308. The third-order valence-electron chi connectivity index (χ3n) is 2.10. The summed E-state index contributed by atoms with van der Waals surface area (Å²) < 4.78 is 10.5. The molecule has 1 atom stereocenters. The van der Waals surface area contributed by atoms with Crippen LogP contribution < -0.4 is 0 Å². The third-order valence-corrected chi connectivity index (χ3v) is 2.10. The Morgan fingerprint density at radius 3 is 2.50 bits per heavy atom. The molecule has 0 saturated heterocycles. The molecule has 0 fully saturated rings. The van der Waals surface area contributed by atoms with Gasteiger partial charge in [-0.25, -0.2) is 4.79 Å². The van der Waals surface area contributed by atoms with Crippen LogP contribution in [-0.2, 0) is 14.3 Å². The highest BCUT2D eigenvalue weighted by molar-refractivity contribution is 5.76. The summed E-state index contributed by atoms with van der Waals surface area (Å²) in [5.74, 6) is -0.310. The van der Waals surface area contributed by atoms with Crippen LogP contribution in [0.2, 0.25) is 0 Å². The monoisotopic (exact) mass is 222 g/mol. The molecule has 3 nitrogen and oxygen atoms in total. The number of rotatable bonds is 6. The maximum atomic E-state index is 11.7. The third kappa shape index (κ3) is 3.66. The van der Waals surface area contributed by atoms with Gasteiger partial charge in [0, 0.05) is 6.61 Å². The Labute approximate surface area is 96.4 Å². The fraction of sp³-hybridized carbons (Fsp3) is 0.462. The molecule has 0 spiro atoms. The minimum atomic E-state index is -0.599. The van der Waals surface area contributed by atoms with Crippen LogP contribution in [0.1, 0.15) is 31.9 Å². The number of carbonyl (C=O) groups excluding carboxylic acids is 1. The molecule has 0 bridgehead atoms. The van der Waals surface area contributed by atoms with Gasteiger partial charge in [-0.05, 0) is 18.9 Å². The molecule has 3 heteroatoms. The molecule has 0 aromatic heterocycles. The van der Waals surface area contributed by atoms with Crippen LogP contribution in [-0.4, -0.2) is 19.2 Å². The molecular formula is C13H18O3. The van der Waals surface area contributed by atoms with Crippen molar-refractivity contribution in [3.63, 3.8) is 0 Å². The van der Waals surface area contributed by atoms with Crippen LogP contribution in [0.5, 0.6) is 0 Å². The Kier molecular flexibility index (Phi) is 5.57. The minimum absolute atomic E-state index is 0.310. The van der Waals surface area contributed by atoms with Gasteiger partial charge < -0.3 is 9.47 Å². The maximum absolute atomic E-state index is 11.7. The number of hydrogen-bond donors (Lipinski definition) is 0. The molecule has 0 aliphatic heterocycles. The molecule has 0 radical (unpaired) electrons. The molecular weight excluding hydrogens is 204 g/mol. The van der Waals surface area contributed by atoms with Gasteiger partial charge in [0.15, 0.2) is 6.10 Å². The number of carbonyl (C=O) groups is 1. The molecule has 0 heterocycles. The van der Waals surface area contributed by atoms with Crippen LogP contribution in [0.15, 0.2) is 30.3 Å². The predicted molar refractivity (Wildman–Crippen MR) is 62.1 cm³/mol. The second kappa shape index (κ2) is 7.01. The van der Waals surface area contributed by atoms with Crippen LogP contribution >= 0.6 is 0 Å². The van der Waals surface area contributed by atoms with Gasteiger partial charge in [0.25, 0.3) is 0 Å². The Morgan fingerprint density at radius 1 is 1.25 bits per heavy atom. The van der Waals surface area contributed by atoms with E-state index in [-0.39, 0.29) is 5.97 Å². The zero-order valence-corrected chi connectivity index (χ0v) is 9.81. The molecule has 0 aliphatic rings. The van der Waals surface area contributed by atoms with Crippen molar-refractivity contribution in [3.05, 3.63) is 35.9 Å². The first-order valence-corrected chi connectivity index (χ1v) is 5.62. The topological polar surface area (TPSA) is 35.5 Å². The van der Waals surface area contributed by atoms with Crippen molar-refractivity contribution >= 4 is 5.97 Å². The highest BCUT2D eigenvalue weighted by Crippen LogP contribution is 2.18. The SMILES string of the molecule is CCCOC(=O)C(OCC)c1ccccc1. The van der Waals surface area contributed by atoms with Gasteiger partial charge >= 0.3 is 5.97 Å². The molecule has 0 saturated carbocycles. The molecule has 1 rings (SSSR count). The van der Waals surface area contributed by atoms with Crippen LogP contribution in [0.4, 0.5) is 0 Å². The average Bonchev–Trinajstić information content (AvgIpc) is 2.34. The zero-order valence-electron chi connectivity index (χ0n) is 9.81. The van der Waals surface area contributed by atoms with E-state index < -0.39 is 6.10 Å². The van der Waals surface area contributed by atoms with Crippen molar-refractivity contribution in [1.82, 2.24) is 0 Å². The summed E-state index contributed by atoms with van der Waals surface area (Å²) in [7, 11) is 0. The van der Waals surface area contributed by atoms with E-state index in [4.69, 9.17) is 9.47 Å². The van der Waals surface area contributed by atoms with Gasteiger partial charge in [0.2, 0.25) is 0 Å². The maximum Gasteiger partial charge on any atom is 0.339 e. The van der Waals surface area contributed by atoms with Crippen molar-refractivity contribution < 1.29 is 14.3 Å². The quantitative estimate of drug-likeness (QED) is 0.694. The van der Waals surface area contributed by atoms with Gasteiger partial charge in [0.05, 0.1) is 6.61 Å². The Morgan fingerprint density at radius 2 is 1.94 bits per heavy atom. The Hall–Kier alpha value is -1.35. The number of esters is 1. The van der Waals surface area contributed by atoms with E-state index in [0.717, 1.165) is 12.0 Å². The van der Waals surface area contributed by atoms with Gasteiger partial charge in [-0.2, -0.15) is 0 Å². The van der Waals surface area contributed by atoms with Gasteiger partial charge in [-0.3, -0.25) is 0 Å². The van der Waals surface area contributed by atoms with E-state index in [1.807, 2.05) is 44.2 Å². The molecule has 0 aliphatic carbocycles. The second-order valence-electron chi connectivity index (χ2n) is 3.41. The fourth-order valence-corrected chi connectivity index (χ4v) is 1.37. The van der Waals surface area contributed by atoms with Gasteiger partial charge in [-0.15, -0.1) is 0 Å². The van der Waals surface area contributed by atoms with Crippen LogP contribution in [0.3, 0.4) is 0 Å². The average molecular weight is 222 g/mol. The first kappa shape index (κ1) is 12.7. The van der Waals surface area contributed by atoms with Crippen molar-refractivity contribution in [3.8, 4) is 0 Å². The zero-order chi connectivity index (χ0) is 11.8. The van der Waals surface area contributed by atoms with Crippen LogP contribution in [0, 0.1) is 0 Å². The Balaban J connectivity index is 2.71. The van der Waals surface area contributed by atoms with Crippen molar-refractivity contribution in [2.75, 3.05) is 13.2 Å². The van der Waals surface area contributed by atoms with E-state index >= 15 is 0 Å². The number of ether oxygens (including phenoxy) is 2. The summed E-state index contributed by atoms with van der Waals surface area (Å²) in [6, 6.07) is 9.41. The minimum Gasteiger partial charge on any atom is -0.464 e. The lowest BCUT2D eigenvalue weighted by atomic mass is 10.1. The van der Waals surface area contributed by atoms with Gasteiger partial charge in [0.1, 0.15) is 0 Å². The highest BCUT2D eigenvalue weighted by atomic mass is 16.6. The molecule has 0 amide bonds. The van der Waals surface area contributed by atoms with E-state index in [2.05, 4.69) is 0 Å². The summed E-state index contributed by atoms with van der Waals surface area (Å²) in [6.07, 6.45) is 0.220. The van der Waals surface area contributed by atoms with Crippen molar-refractivity contribution in [2.45, 2.75) is 26.4 Å². The molecule has 16 heavy (non-hydrogen) atoms. The van der Waals surface area contributed by atoms with E-state index in [1.165, 1.54) is 0 Å². The summed E-state index contributed by atoms with van der Waals surface area (Å²) in [4.78, 5) is 11.7. The number of hydrogen-bond acceptors (Lipinski definition) is 3. The summed E-state index contributed by atoms with van der Waals surface area (Å²) in [5, 5.41) is 0. The standard InChI is InChI=1S/C13H18O3/c1-3-10-16-13(14)12(15-4-2)11-8-6-5-7-9-11/h5-9,12H,3-4,10H2,1-2H3. The molecule has 1 aromatic rings. The number of benzene rings is 1. The molecule has 0 N–H and O–H groups in total. The van der Waals surface area contributed by atoms with E-state index in [0.29, 0.717) is 13.2 Å². The van der Waals surface area contributed by atoms with E-state index in [9.17, 15) is 4.79 Å². The first-order valence-electron chi connectivity index (χ1n) is 5.62. The predicted octanol–water partition coefficient (Wildman–Crippen LogP) is 2.72. The largest absolute Gasteiger partial charge is 0.464 e. The molecule has 1 aromatic carbocycles. The lowest BCUT2D eigenvalue weighted by Gasteiger charge is -2.15. The fourth-order valence-electron chi connectivity index (χ4n) is 1.37. The normalized spacial score (nSPS) is 12.1. The summed E-state index contributed by atoms with van der Waals surface area (Å²) >= 11 is 0. The summed E-state index contributed by atoms with van der Waals surface area (Å²) in [5.41, 5.74) is 0.838. The van der Waals surface area contributed by atoms with Crippen LogP contribution in [0.25, 0.3) is 0 Å². The van der Waals surface area contributed by atoms with E-state index in [1.54, 1.807) is 0 Å². The highest BCUT2D eigenvalue weighted by Gasteiger charge is 2.21. The molecule has 1 unspecified atom stereocenters. The molecule has 88 valence electrons. The lowest BCUT2D eigenvalue weighted by molar-refractivity contribution is -0.157.